The minimum Gasteiger partial charge on any atom is -0.379 e. The zero-order valence-electron chi connectivity index (χ0n) is 14.3. The second-order valence-electron chi connectivity index (χ2n) is 7.02. The van der Waals surface area contributed by atoms with Gasteiger partial charge in [-0.25, -0.2) is 4.68 Å². The molecule has 2 atom stereocenters. The molecule has 25 heavy (non-hydrogen) atoms. The Morgan fingerprint density at radius 3 is 2.96 bits per heavy atom. The lowest BCUT2D eigenvalue weighted by Gasteiger charge is -2.29. The fourth-order valence-corrected chi connectivity index (χ4v) is 3.84. The van der Waals surface area contributed by atoms with Crippen LogP contribution in [0.3, 0.4) is 0 Å². The number of hydrogen-bond acceptors (Lipinski definition) is 5. The zero-order chi connectivity index (χ0) is 17.4. The number of rotatable bonds is 2. The average molecular weight is 342 g/mol. The Balaban J connectivity index is 1.59. The number of benzene rings is 1. The van der Waals surface area contributed by atoms with Gasteiger partial charge in [0.2, 0.25) is 5.91 Å². The number of hydrogen-bond donors (Lipinski definition) is 0. The van der Waals surface area contributed by atoms with Crippen molar-refractivity contribution in [1.29, 1.82) is 0 Å². The van der Waals surface area contributed by atoms with Crippen LogP contribution in [0.2, 0.25) is 0 Å². The van der Waals surface area contributed by atoms with E-state index in [9.17, 15) is 9.59 Å². The summed E-state index contributed by atoms with van der Waals surface area (Å²) in [5, 5.41) is 5.55. The number of nitrogens with zero attached hydrogens (tertiary/aromatic N) is 4. The van der Waals surface area contributed by atoms with Crippen molar-refractivity contribution in [2.75, 3.05) is 39.9 Å². The molecule has 2 aliphatic rings. The summed E-state index contributed by atoms with van der Waals surface area (Å²) in [6, 6.07) is 7.33. The Morgan fingerprint density at radius 1 is 1.24 bits per heavy atom. The van der Waals surface area contributed by atoms with Gasteiger partial charge in [-0.05, 0) is 13.1 Å². The average Bonchev–Trinajstić information content (AvgIpc) is 2.88. The first-order valence-corrected chi connectivity index (χ1v) is 8.62. The van der Waals surface area contributed by atoms with Crippen LogP contribution in [0.15, 0.2) is 35.3 Å². The highest BCUT2D eigenvalue weighted by molar-refractivity contribution is 5.81. The summed E-state index contributed by atoms with van der Waals surface area (Å²) < 4.78 is 6.99. The Hall–Kier alpha value is -2.25. The molecule has 0 saturated carbocycles. The maximum Gasteiger partial charge on any atom is 0.275 e. The fourth-order valence-electron chi connectivity index (χ4n) is 3.84. The first kappa shape index (κ1) is 16.2. The standard InChI is InChI=1S/C18H22N4O3/c1-20-7-13-8-21(15(9-20)12-25-11-13)17(23)10-22-18(24)16-5-3-2-4-14(16)6-19-22/h2-6,13,15H,7-12H2,1H3/t13-,15-/m0/s1. The molecule has 0 N–H and O–H groups in total. The van der Waals surface area contributed by atoms with Gasteiger partial charge >= 0.3 is 0 Å². The molecular weight excluding hydrogens is 320 g/mol. The molecule has 1 aromatic heterocycles. The predicted octanol–water partition coefficient (Wildman–Crippen LogP) is 0.186. The Kier molecular flexibility index (Phi) is 4.27. The van der Waals surface area contributed by atoms with E-state index in [1.165, 1.54) is 4.68 Å². The largest absolute Gasteiger partial charge is 0.379 e. The Bertz CT molecular complexity index is 850. The van der Waals surface area contributed by atoms with Crippen molar-refractivity contribution in [3.63, 3.8) is 0 Å². The number of aromatic nitrogens is 2. The van der Waals surface area contributed by atoms with Gasteiger partial charge in [0.1, 0.15) is 6.54 Å². The van der Waals surface area contributed by atoms with E-state index in [-0.39, 0.29) is 24.1 Å². The van der Waals surface area contributed by atoms with Crippen molar-refractivity contribution in [1.82, 2.24) is 19.6 Å². The molecule has 0 aliphatic carbocycles. The molecule has 7 nitrogen and oxygen atoms in total. The molecule has 2 aromatic rings. The van der Waals surface area contributed by atoms with E-state index >= 15 is 0 Å². The molecule has 0 spiro atoms. The maximum atomic E-state index is 12.9. The smallest absolute Gasteiger partial charge is 0.275 e. The first-order valence-electron chi connectivity index (χ1n) is 8.62. The van der Waals surface area contributed by atoms with Gasteiger partial charge in [-0.2, -0.15) is 5.10 Å². The van der Waals surface area contributed by atoms with Crippen molar-refractivity contribution in [3.8, 4) is 0 Å². The molecule has 4 rings (SSSR count). The number of fused-ring (bicyclic) bond motifs is 4. The van der Waals surface area contributed by atoms with Gasteiger partial charge < -0.3 is 14.5 Å². The summed E-state index contributed by atoms with van der Waals surface area (Å²) in [5.74, 6) is 0.239. The Morgan fingerprint density at radius 2 is 2.08 bits per heavy atom. The molecular formula is C18H22N4O3. The van der Waals surface area contributed by atoms with Gasteiger partial charge in [-0.3, -0.25) is 9.59 Å². The monoisotopic (exact) mass is 342 g/mol. The van der Waals surface area contributed by atoms with E-state index in [0.717, 1.165) is 18.5 Å². The van der Waals surface area contributed by atoms with Gasteiger partial charge in [0.25, 0.3) is 5.56 Å². The van der Waals surface area contributed by atoms with Crippen LogP contribution in [0.5, 0.6) is 0 Å². The van der Waals surface area contributed by atoms with Crippen LogP contribution < -0.4 is 5.56 Å². The third-order valence-corrected chi connectivity index (χ3v) is 5.02. The Labute approximate surface area is 145 Å². The van der Waals surface area contributed by atoms with Crippen molar-refractivity contribution in [2.45, 2.75) is 12.6 Å². The van der Waals surface area contributed by atoms with Crippen LogP contribution in [0.1, 0.15) is 0 Å². The van der Waals surface area contributed by atoms with Crippen LogP contribution in [-0.4, -0.2) is 71.4 Å². The summed E-state index contributed by atoms with van der Waals surface area (Å²) in [6.45, 7) is 3.59. The van der Waals surface area contributed by atoms with Crippen molar-refractivity contribution >= 4 is 16.7 Å². The number of likely N-dealkylation sites (N-methyl/N-ethyl adjacent to an activating group) is 1. The fraction of sp³-hybridized carbons (Fsp3) is 0.500. The molecule has 2 fully saturated rings. The lowest BCUT2D eigenvalue weighted by Crippen LogP contribution is -2.48. The van der Waals surface area contributed by atoms with E-state index in [0.29, 0.717) is 31.1 Å². The summed E-state index contributed by atoms with van der Waals surface area (Å²) in [7, 11) is 2.08. The van der Waals surface area contributed by atoms with Crippen LogP contribution >= 0.6 is 0 Å². The minimum absolute atomic E-state index is 0.0289. The molecule has 2 bridgehead atoms. The molecule has 132 valence electrons. The quantitative estimate of drug-likeness (QED) is 0.779. The van der Waals surface area contributed by atoms with Crippen LogP contribution in [0.25, 0.3) is 10.8 Å². The molecule has 1 aromatic carbocycles. The summed E-state index contributed by atoms with van der Waals surface area (Å²) >= 11 is 0. The summed E-state index contributed by atoms with van der Waals surface area (Å²) in [4.78, 5) is 29.6. The molecule has 0 unspecified atom stereocenters. The highest BCUT2D eigenvalue weighted by Crippen LogP contribution is 2.19. The number of ether oxygens (including phenoxy) is 1. The number of amides is 1. The number of carbonyl (C=O) groups excluding carboxylic acids is 1. The second-order valence-corrected chi connectivity index (χ2v) is 7.02. The minimum atomic E-state index is -0.224. The topological polar surface area (TPSA) is 67.7 Å². The number of carbonyl (C=O) groups is 1. The van der Waals surface area contributed by atoms with Crippen LogP contribution in [0.4, 0.5) is 0 Å². The third kappa shape index (κ3) is 3.17. The summed E-state index contributed by atoms with van der Waals surface area (Å²) in [5.41, 5.74) is -0.224. The summed E-state index contributed by atoms with van der Waals surface area (Å²) in [6.07, 6.45) is 1.64. The predicted molar refractivity (Wildman–Crippen MR) is 93.3 cm³/mol. The van der Waals surface area contributed by atoms with Gasteiger partial charge in [-0.15, -0.1) is 0 Å². The lowest BCUT2D eigenvalue weighted by atomic mass is 10.1. The van der Waals surface area contributed by atoms with Gasteiger partial charge in [0.05, 0.1) is 30.8 Å². The first-order chi connectivity index (χ1) is 12.1. The molecule has 2 saturated heterocycles. The normalized spacial score (nSPS) is 24.3. The van der Waals surface area contributed by atoms with E-state index in [1.54, 1.807) is 12.3 Å². The van der Waals surface area contributed by atoms with Crippen LogP contribution in [0, 0.1) is 5.92 Å². The van der Waals surface area contributed by atoms with Gasteiger partial charge in [0, 0.05) is 30.9 Å². The zero-order valence-corrected chi connectivity index (χ0v) is 14.3. The van der Waals surface area contributed by atoms with Crippen LogP contribution in [-0.2, 0) is 16.1 Å². The lowest BCUT2D eigenvalue weighted by molar-refractivity contribution is -0.134. The molecule has 2 aliphatic heterocycles. The maximum absolute atomic E-state index is 12.9. The van der Waals surface area contributed by atoms with E-state index < -0.39 is 0 Å². The van der Waals surface area contributed by atoms with Crippen molar-refractivity contribution < 1.29 is 9.53 Å². The molecule has 3 heterocycles. The van der Waals surface area contributed by atoms with Crippen molar-refractivity contribution in [2.24, 2.45) is 5.92 Å². The molecule has 7 heteroatoms. The second kappa shape index (κ2) is 6.57. The molecule has 1 amide bonds. The van der Waals surface area contributed by atoms with E-state index in [4.69, 9.17) is 4.74 Å². The SMILES string of the molecule is CN1C[C@@H]2COC[C@H](C1)N(C(=O)Cn1ncc3ccccc3c1=O)C2. The van der Waals surface area contributed by atoms with E-state index in [1.807, 2.05) is 23.1 Å². The van der Waals surface area contributed by atoms with Crippen molar-refractivity contribution in [3.05, 3.63) is 40.8 Å². The van der Waals surface area contributed by atoms with E-state index in [2.05, 4.69) is 17.0 Å². The highest BCUT2D eigenvalue weighted by atomic mass is 16.5. The third-order valence-electron chi connectivity index (χ3n) is 5.02. The van der Waals surface area contributed by atoms with Gasteiger partial charge in [0.15, 0.2) is 0 Å². The molecule has 0 radical (unpaired) electrons. The highest BCUT2D eigenvalue weighted by Gasteiger charge is 2.34. The van der Waals surface area contributed by atoms with Gasteiger partial charge in [-0.1, -0.05) is 18.2 Å².